The van der Waals surface area contributed by atoms with Gasteiger partial charge >= 0.3 is 0 Å². The number of hydrogen-bond acceptors (Lipinski definition) is 2. The van der Waals surface area contributed by atoms with Gasteiger partial charge in [-0.1, -0.05) is 6.92 Å². The molecule has 2 aliphatic rings. The SMILES string of the molecule is CC1OC2(C)OC1(C)CCC2C. The Balaban J connectivity index is 2.28. The van der Waals surface area contributed by atoms with Crippen molar-refractivity contribution >= 4 is 0 Å². The lowest BCUT2D eigenvalue weighted by Crippen LogP contribution is -2.43. The van der Waals surface area contributed by atoms with E-state index in [1.54, 1.807) is 0 Å². The van der Waals surface area contributed by atoms with E-state index in [9.17, 15) is 0 Å². The summed E-state index contributed by atoms with van der Waals surface area (Å²) in [5.74, 6) is 0.211. The van der Waals surface area contributed by atoms with Crippen molar-refractivity contribution in [1.29, 1.82) is 0 Å². The third-order valence-electron chi connectivity index (χ3n) is 3.68. The topological polar surface area (TPSA) is 18.5 Å². The predicted octanol–water partition coefficient (Wildman–Crippen LogP) is 2.33. The molecule has 2 fully saturated rings. The van der Waals surface area contributed by atoms with Gasteiger partial charge in [0.25, 0.3) is 0 Å². The second-order valence-electron chi connectivity index (χ2n) is 4.63. The minimum absolute atomic E-state index is 0.0265. The molecule has 0 N–H and O–H groups in total. The summed E-state index contributed by atoms with van der Waals surface area (Å²) in [7, 11) is 0. The van der Waals surface area contributed by atoms with Gasteiger partial charge in [-0.05, 0) is 33.6 Å². The summed E-state index contributed by atoms with van der Waals surface area (Å²) in [6.45, 7) is 8.55. The van der Waals surface area contributed by atoms with Gasteiger partial charge in [-0.25, -0.2) is 0 Å². The molecule has 2 heteroatoms. The van der Waals surface area contributed by atoms with Crippen LogP contribution in [0.15, 0.2) is 0 Å². The summed E-state index contributed by atoms with van der Waals surface area (Å²) >= 11 is 0. The smallest absolute Gasteiger partial charge is 0.169 e. The summed E-state index contributed by atoms with van der Waals surface area (Å²) in [4.78, 5) is 0. The lowest BCUT2D eigenvalue weighted by molar-refractivity contribution is -0.226. The Hall–Kier alpha value is -0.0800. The third kappa shape index (κ3) is 0.944. The van der Waals surface area contributed by atoms with Crippen LogP contribution in [0.3, 0.4) is 0 Å². The van der Waals surface area contributed by atoms with Gasteiger partial charge in [0.2, 0.25) is 0 Å². The van der Waals surface area contributed by atoms with Crippen molar-refractivity contribution in [3.63, 3.8) is 0 Å². The van der Waals surface area contributed by atoms with Crippen molar-refractivity contribution in [2.24, 2.45) is 5.92 Å². The van der Waals surface area contributed by atoms with Crippen LogP contribution in [-0.4, -0.2) is 17.5 Å². The van der Waals surface area contributed by atoms with Crippen LogP contribution in [0.2, 0.25) is 0 Å². The Morgan fingerprint density at radius 3 is 2.50 bits per heavy atom. The summed E-state index contributed by atoms with van der Waals surface area (Å²) in [5.41, 5.74) is -0.0265. The predicted molar refractivity (Wildman–Crippen MR) is 46.8 cm³/mol. The number of hydrogen-bond donors (Lipinski definition) is 0. The van der Waals surface area contributed by atoms with E-state index in [0.717, 1.165) is 6.42 Å². The maximum absolute atomic E-state index is 5.97. The van der Waals surface area contributed by atoms with E-state index >= 15 is 0 Å². The standard InChI is InChI=1S/C10H18O2/c1-7-5-6-9(3)8(2)11-10(7,4)12-9/h7-8H,5-6H2,1-4H3. The second-order valence-corrected chi connectivity index (χ2v) is 4.63. The van der Waals surface area contributed by atoms with E-state index in [-0.39, 0.29) is 17.5 Å². The van der Waals surface area contributed by atoms with Crippen molar-refractivity contribution in [3.8, 4) is 0 Å². The zero-order valence-electron chi connectivity index (χ0n) is 8.39. The molecule has 2 heterocycles. The average molecular weight is 170 g/mol. The first-order valence-electron chi connectivity index (χ1n) is 4.84. The highest BCUT2D eigenvalue weighted by Crippen LogP contribution is 2.49. The van der Waals surface area contributed by atoms with Crippen LogP contribution in [0.25, 0.3) is 0 Å². The molecule has 0 aliphatic carbocycles. The first kappa shape index (κ1) is 8.52. The van der Waals surface area contributed by atoms with Gasteiger partial charge in [0, 0.05) is 5.92 Å². The highest BCUT2D eigenvalue weighted by atomic mass is 16.8. The Morgan fingerprint density at radius 2 is 1.92 bits per heavy atom. The first-order valence-corrected chi connectivity index (χ1v) is 4.84. The van der Waals surface area contributed by atoms with Gasteiger partial charge in [-0.3, -0.25) is 0 Å². The monoisotopic (exact) mass is 170 g/mol. The lowest BCUT2D eigenvalue weighted by atomic mass is 9.86. The van der Waals surface area contributed by atoms with Gasteiger partial charge in [0.05, 0.1) is 11.7 Å². The highest BCUT2D eigenvalue weighted by molar-refractivity contribution is 4.98. The van der Waals surface area contributed by atoms with E-state index in [1.165, 1.54) is 6.42 Å². The molecule has 12 heavy (non-hydrogen) atoms. The zero-order chi connectivity index (χ0) is 8.98. The molecule has 0 aromatic heterocycles. The Bertz CT molecular complexity index is 204. The molecule has 0 amide bonds. The molecule has 0 saturated carbocycles. The maximum atomic E-state index is 5.97. The number of fused-ring (bicyclic) bond motifs is 2. The maximum Gasteiger partial charge on any atom is 0.169 e. The number of rotatable bonds is 0. The fraction of sp³-hybridized carbons (Fsp3) is 1.00. The Labute approximate surface area is 74.2 Å². The van der Waals surface area contributed by atoms with E-state index in [4.69, 9.17) is 9.47 Å². The van der Waals surface area contributed by atoms with E-state index < -0.39 is 0 Å². The highest BCUT2D eigenvalue weighted by Gasteiger charge is 2.55. The fourth-order valence-electron chi connectivity index (χ4n) is 2.28. The normalized spacial score (nSPS) is 59.0. The molecular weight excluding hydrogens is 152 g/mol. The Kier molecular flexibility index (Phi) is 1.59. The van der Waals surface area contributed by atoms with Gasteiger partial charge in [0.15, 0.2) is 5.79 Å². The van der Waals surface area contributed by atoms with Gasteiger partial charge < -0.3 is 9.47 Å². The van der Waals surface area contributed by atoms with Crippen LogP contribution in [-0.2, 0) is 9.47 Å². The van der Waals surface area contributed by atoms with E-state index in [2.05, 4.69) is 27.7 Å². The minimum atomic E-state index is -0.313. The lowest BCUT2D eigenvalue weighted by Gasteiger charge is -2.38. The minimum Gasteiger partial charge on any atom is -0.344 e. The van der Waals surface area contributed by atoms with E-state index in [0.29, 0.717) is 5.92 Å². The molecule has 0 aromatic carbocycles. The molecule has 4 atom stereocenters. The van der Waals surface area contributed by atoms with E-state index in [1.807, 2.05) is 0 Å². The average Bonchev–Trinajstić information content (AvgIpc) is 2.15. The van der Waals surface area contributed by atoms with Crippen LogP contribution in [0.4, 0.5) is 0 Å². The molecule has 2 rings (SSSR count). The molecule has 2 saturated heterocycles. The zero-order valence-corrected chi connectivity index (χ0v) is 8.39. The second kappa shape index (κ2) is 2.24. The van der Waals surface area contributed by atoms with Gasteiger partial charge in [-0.2, -0.15) is 0 Å². The Morgan fingerprint density at radius 1 is 1.25 bits per heavy atom. The fourth-order valence-corrected chi connectivity index (χ4v) is 2.28. The first-order chi connectivity index (χ1) is 5.46. The van der Waals surface area contributed by atoms with Gasteiger partial charge in [0.1, 0.15) is 0 Å². The van der Waals surface area contributed by atoms with Gasteiger partial charge in [-0.15, -0.1) is 0 Å². The molecule has 4 unspecified atom stereocenters. The third-order valence-corrected chi connectivity index (χ3v) is 3.68. The molecule has 2 aliphatic heterocycles. The largest absolute Gasteiger partial charge is 0.344 e. The molecule has 70 valence electrons. The number of ether oxygens (including phenoxy) is 2. The summed E-state index contributed by atoms with van der Waals surface area (Å²) in [6.07, 6.45) is 2.59. The molecule has 0 radical (unpaired) electrons. The van der Waals surface area contributed by atoms with Crippen LogP contribution in [0.1, 0.15) is 40.5 Å². The van der Waals surface area contributed by atoms with Crippen LogP contribution in [0.5, 0.6) is 0 Å². The molecule has 2 nitrogen and oxygen atoms in total. The van der Waals surface area contributed by atoms with Crippen LogP contribution >= 0.6 is 0 Å². The quantitative estimate of drug-likeness (QED) is 0.555. The molecule has 0 aromatic rings. The van der Waals surface area contributed by atoms with Crippen molar-refractivity contribution in [1.82, 2.24) is 0 Å². The van der Waals surface area contributed by atoms with Crippen LogP contribution in [0, 0.1) is 5.92 Å². The summed E-state index contributed by atoms with van der Waals surface area (Å²) in [6, 6.07) is 0. The van der Waals surface area contributed by atoms with Crippen molar-refractivity contribution in [2.75, 3.05) is 0 Å². The van der Waals surface area contributed by atoms with Crippen molar-refractivity contribution in [2.45, 2.75) is 58.0 Å². The summed E-state index contributed by atoms with van der Waals surface area (Å²) in [5, 5.41) is 0. The molecule has 0 spiro atoms. The van der Waals surface area contributed by atoms with Crippen molar-refractivity contribution in [3.05, 3.63) is 0 Å². The summed E-state index contributed by atoms with van der Waals surface area (Å²) < 4.78 is 11.8. The van der Waals surface area contributed by atoms with Crippen LogP contribution < -0.4 is 0 Å². The van der Waals surface area contributed by atoms with Crippen molar-refractivity contribution < 1.29 is 9.47 Å². The molecular formula is C10H18O2. The molecule has 2 bridgehead atoms.